The lowest BCUT2D eigenvalue weighted by Gasteiger charge is -2.25. The molecule has 0 radical (unpaired) electrons. The lowest BCUT2D eigenvalue weighted by molar-refractivity contribution is -0.118. The second-order valence-corrected chi connectivity index (χ2v) is 6.12. The van der Waals surface area contributed by atoms with Crippen LogP contribution in [0.25, 0.3) is 0 Å². The van der Waals surface area contributed by atoms with Crippen molar-refractivity contribution in [1.29, 1.82) is 0 Å². The third-order valence-electron chi connectivity index (χ3n) is 4.82. The quantitative estimate of drug-likeness (QED) is 0.864. The van der Waals surface area contributed by atoms with Crippen molar-refractivity contribution in [2.45, 2.75) is 56.4 Å². The Morgan fingerprint density at radius 3 is 2.90 bits per heavy atom. The molecule has 4 nitrogen and oxygen atoms in total. The van der Waals surface area contributed by atoms with Crippen LogP contribution in [0.4, 0.5) is 5.69 Å². The van der Waals surface area contributed by atoms with Gasteiger partial charge < -0.3 is 15.4 Å². The molecule has 3 aliphatic rings. The van der Waals surface area contributed by atoms with Crippen LogP contribution in [-0.2, 0) is 16.0 Å². The summed E-state index contributed by atoms with van der Waals surface area (Å²) in [4.78, 5) is 12.4. The first-order chi connectivity index (χ1) is 9.79. The zero-order valence-electron chi connectivity index (χ0n) is 11.5. The number of aryl methyl sites for hydroxylation is 1. The van der Waals surface area contributed by atoms with E-state index in [4.69, 9.17) is 4.74 Å². The van der Waals surface area contributed by atoms with Crippen LogP contribution in [0.2, 0.25) is 0 Å². The van der Waals surface area contributed by atoms with E-state index in [1.807, 2.05) is 18.2 Å². The number of para-hydroxylation sites is 1. The number of carbonyl (C=O) groups excluding carboxylic acids is 1. The molecule has 2 saturated heterocycles. The zero-order valence-corrected chi connectivity index (χ0v) is 11.5. The summed E-state index contributed by atoms with van der Waals surface area (Å²) in [5.41, 5.74) is 2.19. The largest absolute Gasteiger partial charge is 0.373 e. The van der Waals surface area contributed by atoms with Crippen molar-refractivity contribution >= 4 is 11.6 Å². The zero-order chi connectivity index (χ0) is 13.5. The monoisotopic (exact) mass is 272 g/mol. The highest BCUT2D eigenvalue weighted by Gasteiger charge is 2.42. The molecular weight excluding hydrogens is 252 g/mol. The van der Waals surface area contributed by atoms with Crippen molar-refractivity contribution < 1.29 is 9.53 Å². The van der Waals surface area contributed by atoms with Gasteiger partial charge in [0.25, 0.3) is 0 Å². The fourth-order valence-electron chi connectivity index (χ4n) is 3.74. The maximum absolute atomic E-state index is 12.4. The standard InChI is InChI=1S/C16H20N2O2/c19-16-13(17-14-9-11-6-8-15(14)20-11)7-5-10-3-1-2-4-12(10)18-16/h1-4,11,13-15,17H,5-9H2,(H,18,19). The van der Waals surface area contributed by atoms with Crippen molar-refractivity contribution in [3.63, 3.8) is 0 Å². The van der Waals surface area contributed by atoms with Crippen molar-refractivity contribution in [2.75, 3.05) is 5.32 Å². The van der Waals surface area contributed by atoms with Gasteiger partial charge in [0.2, 0.25) is 5.91 Å². The number of nitrogens with one attached hydrogen (secondary N) is 2. The second kappa shape index (κ2) is 4.86. The molecule has 1 amide bonds. The van der Waals surface area contributed by atoms with Crippen molar-refractivity contribution in [3.05, 3.63) is 29.8 Å². The molecule has 1 aromatic rings. The molecule has 0 aromatic heterocycles. The number of rotatable bonds is 2. The number of hydrogen-bond donors (Lipinski definition) is 2. The SMILES string of the molecule is O=C1Nc2ccccc2CCC1NC1CC2CCC1O2. The van der Waals surface area contributed by atoms with Gasteiger partial charge in [-0.1, -0.05) is 18.2 Å². The predicted molar refractivity (Wildman–Crippen MR) is 76.6 cm³/mol. The molecule has 4 rings (SSSR count). The minimum atomic E-state index is -0.102. The number of hydrogen-bond acceptors (Lipinski definition) is 3. The number of anilines is 1. The number of fused-ring (bicyclic) bond motifs is 3. The van der Waals surface area contributed by atoms with Crippen molar-refractivity contribution in [2.24, 2.45) is 0 Å². The Balaban J connectivity index is 1.46. The van der Waals surface area contributed by atoms with Crippen LogP contribution in [0.1, 0.15) is 31.2 Å². The van der Waals surface area contributed by atoms with Crippen molar-refractivity contribution in [3.8, 4) is 0 Å². The molecular formula is C16H20N2O2. The predicted octanol–water partition coefficient (Wildman–Crippen LogP) is 1.85. The molecule has 0 saturated carbocycles. The van der Waals surface area contributed by atoms with E-state index >= 15 is 0 Å². The van der Waals surface area contributed by atoms with Gasteiger partial charge in [-0.25, -0.2) is 0 Å². The lowest BCUT2D eigenvalue weighted by atomic mass is 9.94. The van der Waals surface area contributed by atoms with Gasteiger partial charge in [-0.3, -0.25) is 4.79 Å². The van der Waals surface area contributed by atoms with Crippen LogP contribution in [-0.4, -0.2) is 30.2 Å². The molecule has 1 aromatic carbocycles. The van der Waals surface area contributed by atoms with E-state index in [0.717, 1.165) is 31.4 Å². The van der Waals surface area contributed by atoms with E-state index in [0.29, 0.717) is 18.2 Å². The summed E-state index contributed by atoms with van der Waals surface area (Å²) in [5.74, 6) is 0.0951. The number of carbonyl (C=O) groups is 1. The molecule has 4 heteroatoms. The highest BCUT2D eigenvalue weighted by molar-refractivity contribution is 5.96. The molecule has 2 N–H and O–H groups in total. The second-order valence-electron chi connectivity index (χ2n) is 6.12. The summed E-state index contributed by atoms with van der Waals surface area (Å²) in [6, 6.07) is 8.33. The molecule has 106 valence electrons. The summed E-state index contributed by atoms with van der Waals surface area (Å²) in [6.07, 6.45) is 5.91. The Hall–Kier alpha value is -1.39. The van der Waals surface area contributed by atoms with Crippen LogP contribution < -0.4 is 10.6 Å². The third kappa shape index (κ3) is 2.13. The fourth-order valence-corrected chi connectivity index (χ4v) is 3.74. The Labute approximate surface area is 118 Å². The maximum Gasteiger partial charge on any atom is 0.241 e. The summed E-state index contributed by atoms with van der Waals surface area (Å²) < 4.78 is 5.86. The van der Waals surface area contributed by atoms with E-state index in [9.17, 15) is 4.79 Å². The molecule has 4 unspecified atom stereocenters. The smallest absolute Gasteiger partial charge is 0.241 e. The Morgan fingerprint density at radius 2 is 2.10 bits per heavy atom. The summed E-state index contributed by atoms with van der Waals surface area (Å²) in [7, 11) is 0. The number of ether oxygens (including phenoxy) is 1. The van der Waals surface area contributed by atoms with Crippen molar-refractivity contribution in [1.82, 2.24) is 5.32 Å². The highest BCUT2D eigenvalue weighted by atomic mass is 16.5. The first kappa shape index (κ1) is 12.4. The fraction of sp³-hybridized carbons (Fsp3) is 0.562. The highest BCUT2D eigenvalue weighted by Crippen LogP contribution is 2.35. The molecule has 3 heterocycles. The average molecular weight is 272 g/mol. The van der Waals surface area contributed by atoms with E-state index in [2.05, 4.69) is 16.7 Å². The molecule has 20 heavy (non-hydrogen) atoms. The summed E-state index contributed by atoms with van der Waals surface area (Å²) >= 11 is 0. The summed E-state index contributed by atoms with van der Waals surface area (Å²) in [6.45, 7) is 0. The molecule has 4 atom stereocenters. The van der Waals surface area contributed by atoms with Crippen LogP contribution in [0.15, 0.2) is 24.3 Å². The van der Waals surface area contributed by atoms with Gasteiger partial charge in [0.1, 0.15) is 0 Å². The molecule has 0 aliphatic carbocycles. The van der Waals surface area contributed by atoms with Gasteiger partial charge in [0.05, 0.1) is 18.2 Å². The average Bonchev–Trinajstić information content (AvgIpc) is 3.03. The van der Waals surface area contributed by atoms with Crippen LogP contribution in [0, 0.1) is 0 Å². The molecule has 3 aliphatic heterocycles. The van der Waals surface area contributed by atoms with E-state index in [1.54, 1.807) is 0 Å². The van der Waals surface area contributed by atoms with Gasteiger partial charge >= 0.3 is 0 Å². The Bertz CT molecular complexity index is 531. The minimum absolute atomic E-state index is 0.0951. The topological polar surface area (TPSA) is 50.4 Å². The van der Waals surface area contributed by atoms with Gasteiger partial charge in [0, 0.05) is 11.7 Å². The van der Waals surface area contributed by atoms with E-state index < -0.39 is 0 Å². The summed E-state index contributed by atoms with van der Waals surface area (Å²) in [5, 5.41) is 6.59. The van der Waals surface area contributed by atoms with Crippen LogP contribution in [0.3, 0.4) is 0 Å². The molecule has 2 bridgehead atoms. The van der Waals surface area contributed by atoms with E-state index in [-0.39, 0.29) is 11.9 Å². The van der Waals surface area contributed by atoms with Gasteiger partial charge in [0.15, 0.2) is 0 Å². The van der Waals surface area contributed by atoms with Gasteiger partial charge in [-0.15, -0.1) is 0 Å². The van der Waals surface area contributed by atoms with E-state index in [1.165, 1.54) is 12.0 Å². The first-order valence-electron chi connectivity index (χ1n) is 7.60. The Morgan fingerprint density at radius 1 is 1.20 bits per heavy atom. The normalized spacial score (nSPS) is 35.5. The minimum Gasteiger partial charge on any atom is -0.373 e. The number of amides is 1. The molecule has 0 spiro atoms. The van der Waals surface area contributed by atoms with Crippen LogP contribution in [0.5, 0.6) is 0 Å². The third-order valence-corrected chi connectivity index (χ3v) is 4.82. The first-order valence-corrected chi connectivity index (χ1v) is 7.60. The van der Waals surface area contributed by atoms with Crippen LogP contribution >= 0.6 is 0 Å². The maximum atomic E-state index is 12.4. The van der Waals surface area contributed by atoms with Gasteiger partial charge in [-0.05, 0) is 43.7 Å². The molecule has 2 fully saturated rings. The lowest BCUT2D eigenvalue weighted by Crippen LogP contribution is -2.49. The number of benzene rings is 1. The Kier molecular flexibility index (Phi) is 3.00. The van der Waals surface area contributed by atoms with Gasteiger partial charge in [-0.2, -0.15) is 0 Å².